The van der Waals surface area contributed by atoms with Crippen LogP contribution >= 0.6 is 0 Å². The summed E-state index contributed by atoms with van der Waals surface area (Å²) in [6.07, 6.45) is 0.211. The molecule has 29 heavy (non-hydrogen) atoms. The summed E-state index contributed by atoms with van der Waals surface area (Å²) in [4.78, 5) is 12.9. The number of methoxy groups -OCH3 is 1. The summed E-state index contributed by atoms with van der Waals surface area (Å²) in [5.74, 6) is 0.851. The smallest absolute Gasteiger partial charge is 0.255 e. The number of nitrogens with two attached hydrogens (primary N) is 1. The summed E-state index contributed by atoms with van der Waals surface area (Å²) in [6.45, 7) is 2.68. The van der Waals surface area contributed by atoms with Crippen molar-refractivity contribution in [2.75, 3.05) is 46.6 Å². The van der Waals surface area contributed by atoms with Gasteiger partial charge >= 0.3 is 0 Å². The lowest BCUT2D eigenvalue weighted by molar-refractivity contribution is -0.119. The van der Waals surface area contributed by atoms with E-state index in [0.717, 1.165) is 30.8 Å². The average molecular weight is 402 g/mol. The minimum absolute atomic E-state index is 0.132. The Balaban J connectivity index is 1.80. The normalized spacial score (nSPS) is 12.0. The lowest BCUT2D eigenvalue weighted by Crippen LogP contribution is -2.38. The third kappa shape index (κ3) is 9.43. The molecule has 0 aliphatic carbocycles. The van der Waals surface area contributed by atoms with E-state index >= 15 is 0 Å². The molecule has 0 bridgehead atoms. The molecular formula is C22H30N2O5. The van der Waals surface area contributed by atoms with E-state index in [1.165, 1.54) is 0 Å². The zero-order chi connectivity index (χ0) is 20.9. The lowest BCUT2D eigenvalue weighted by atomic mass is 10.1. The summed E-state index contributed by atoms with van der Waals surface area (Å²) in [5.41, 5.74) is 6.21. The van der Waals surface area contributed by atoms with Crippen LogP contribution in [0.2, 0.25) is 0 Å². The van der Waals surface area contributed by atoms with Crippen LogP contribution in [0.3, 0.4) is 0 Å². The molecule has 2 aromatic rings. The van der Waals surface area contributed by atoms with Gasteiger partial charge in [-0.05, 0) is 36.2 Å². The third-order valence-corrected chi connectivity index (χ3v) is 4.29. The number of aliphatic hydroxyl groups excluding tert-OH is 1. The van der Waals surface area contributed by atoms with Gasteiger partial charge in [-0.3, -0.25) is 9.69 Å². The predicted molar refractivity (Wildman–Crippen MR) is 111 cm³/mol. The van der Waals surface area contributed by atoms with Crippen molar-refractivity contribution in [2.45, 2.75) is 12.5 Å². The predicted octanol–water partition coefficient (Wildman–Crippen LogP) is 1.48. The second-order valence-corrected chi connectivity index (χ2v) is 6.72. The van der Waals surface area contributed by atoms with Crippen LogP contribution in [0.1, 0.15) is 5.56 Å². The fraction of sp³-hybridized carbons (Fsp3) is 0.409. The SMILES string of the molecule is COCCN(CCc1ccc(OCC(N)=O)cc1)CC(O)COc1ccccc1. The van der Waals surface area contributed by atoms with E-state index in [-0.39, 0.29) is 13.2 Å². The van der Waals surface area contributed by atoms with Crippen LogP contribution in [0.4, 0.5) is 0 Å². The van der Waals surface area contributed by atoms with Crippen LogP contribution in [0, 0.1) is 0 Å². The lowest BCUT2D eigenvalue weighted by Gasteiger charge is -2.25. The first kappa shape index (κ1) is 22.7. The second-order valence-electron chi connectivity index (χ2n) is 6.72. The van der Waals surface area contributed by atoms with E-state index in [2.05, 4.69) is 4.90 Å². The van der Waals surface area contributed by atoms with Crippen LogP contribution in [-0.2, 0) is 16.0 Å². The highest BCUT2D eigenvalue weighted by atomic mass is 16.5. The molecule has 0 heterocycles. The van der Waals surface area contributed by atoms with Gasteiger partial charge in [0.05, 0.1) is 6.61 Å². The Labute approximate surface area is 172 Å². The first-order valence-corrected chi connectivity index (χ1v) is 9.64. The Morgan fingerprint density at radius 2 is 1.72 bits per heavy atom. The molecule has 2 aromatic carbocycles. The van der Waals surface area contributed by atoms with E-state index in [1.807, 2.05) is 54.6 Å². The van der Waals surface area contributed by atoms with Crippen molar-refractivity contribution in [3.63, 3.8) is 0 Å². The average Bonchev–Trinajstić information content (AvgIpc) is 2.74. The molecule has 3 N–H and O–H groups in total. The molecule has 0 aliphatic heterocycles. The van der Waals surface area contributed by atoms with Gasteiger partial charge < -0.3 is 25.1 Å². The van der Waals surface area contributed by atoms with E-state index in [9.17, 15) is 9.90 Å². The van der Waals surface area contributed by atoms with Gasteiger partial charge in [0.1, 0.15) is 24.2 Å². The van der Waals surface area contributed by atoms with Gasteiger partial charge in [0.15, 0.2) is 6.61 Å². The summed E-state index contributed by atoms with van der Waals surface area (Å²) < 4.78 is 16.1. The molecule has 0 radical (unpaired) electrons. The van der Waals surface area contributed by atoms with Gasteiger partial charge in [-0.15, -0.1) is 0 Å². The first-order valence-electron chi connectivity index (χ1n) is 9.64. The van der Waals surface area contributed by atoms with Gasteiger partial charge in [0, 0.05) is 26.7 Å². The third-order valence-electron chi connectivity index (χ3n) is 4.29. The van der Waals surface area contributed by atoms with Crippen molar-refractivity contribution in [3.8, 4) is 11.5 Å². The van der Waals surface area contributed by atoms with Crippen LogP contribution in [0.5, 0.6) is 11.5 Å². The molecule has 7 heteroatoms. The Kier molecular flexibility index (Phi) is 9.99. The highest BCUT2D eigenvalue weighted by Crippen LogP contribution is 2.13. The molecule has 1 atom stereocenters. The number of hydrogen-bond donors (Lipinski definition) is 2. The molecular weight excluding hydrogens is 372 g/mol. The van der Waals surface area contributed by atoms with Crippen molar-refractivity contribution in [2.24, 2.45) is 5.73 Å². The minimum Gasteiger partial charge on any atom is -0.491 e. The van der Waals surface area contributed by atoms with E-state index < -0.39 is 12.0 Å². The van der Waals surface area contributed by atoms with E-state index in [0.29, 0.717) is 18.9 Å². The Morgan fingerprint density at radius 3 is 2.38 bits per heavy atom. The quantitative estimate of drug-likeness (QED) is 0.497. The molecule has 2 rings (SSSR count). The fourth-order valence-electron chi connectivity index (χ4n) is 2.77. The standard InChI is InChI=1S/C22H30N2O5/c1-27-14-13-24(15-19(25)16-28-20-5-3-2-4-6-20)12-11-18-7-9-21(10-8-18)29-17-22(23)26/h2-10,19,25H,11-17H2,1H3,(H2,23,26). The van der Waals surface area contributed by atoms with Crippen molar-refractivity contribution in [1.82, 2.24) is 4.90 Å². The number of amides is 1. The Hall–Kier alpha value is -2.61. The van der Waals surface area contributed by atoms with Crippen molar-refractivity contribution in [1.29, 1.82) is 0 Å². The summed E-state index contributed by atoms with van der Waals surface area (Å²) in [5, 5.41) is 10.4. The first-order chi connectivity index (χ1) is 14.1. The maximum Gasteiger partial charge on any atom is 0.255 e. The second kappa shape index (κ2) is 12.8. The number of carbonyl (C=O) groups excluding carboxylic acids is 1. The van der Waals surface area contributed by atoms with Crippen LogP contribution in [0.25, 0.3) is 0 Å². The monoisotopic (exact) mass is 402 g/mol. The van der Waals surface area contributed by atoms with Gasteiger partial charge in [0.25, 0.3) is 5.91 Å². The topological polar surface area (TPSA) is 94.2 Å². The van der Waals surface area contributed by atoms with Crippen LogP contribution in [0.15, 0.2) is 54.6 Å². The fourth-order valence-corrected chi connectivity index (χ4v) is 2.77. The van der Waals surface area contributed by atoms with E-state index in [1.54, 1.807) is 7.11 Å². The molecule has 0 saturated carbocycles. The number of para-hydroxylation sites is 1. The van der Waals surface area contributed by atoms with E-state index in [4.69, 9.17) is 19.9 Å². The van der Waals surface area contributed by atoms with Crippen LogP contribution < -0.4 is 15.2 Å². The number of primary amides is 1. The largest absolute Gasteiger partial charge is 0.491 e. The molecule has 0 spiro atoms. The highest BCUT2D eigenvalue weighted by molar-refractivity contribution is 5.75. The van der Waals surface area contributed by atoms with Crippen molar-refractivity contribution >= 4 is 5.91 Å². The molecule has 1 unspecified atom stereocenters. The Bertz CT molecular complexity index is 709. The number of benzene rings is 2. The van der Waals surface area contributed by atoms with Gasteiger partial charge in [0.2, 0.25) is 0 Å². The Morgan fingerprint density at radius 1 is 1.03 bits per heavy atom. The number of rotatable bonds is 14. The molecule has 158 valence electrons. The zero-order valence-corrected chi connectivity index (χ0v) is 16.8. The minimum atomic E-state index is -0.600. The molecule has 0 aliphatic rings. The molecule has 0 aromatic heterocycles. The number of hydrogen-bond acceptors (Lipinski definition) is 6. The van der Waals surface area contributed by atoms with Gasteiger partial charge in [-0.2, -0.15) is 0 Å². The number of carbonyl (C=O) groups is 1. The maximum absolute atomic E-state index is 10.8. The summed E-state index contributed by atoms with van der Waals surface area (Å²) in [6, 6.07) is 17.0. The molecule has 0 fully saturated rings. The summed E-state index contributed by atoms with van der Waals surface area (Å²) >= 11 is 0. The highest BCUT2D eigenvalue weighted by Gasteiger charge is 2.13. The van der Waals surface area contributed by atoms with Crippen molar-refractivity contribution in [3.05, 3.63) is 60.2 Å². The van der Waals surface area contributed by atoms with Crippen molar-refractivity contribution < 1.29 is 24.1 Å². The number of ether oxygens (including phenoxy) is 3. The van der Waals surface area contributed by atoms with Crippen LogP contribution in [-0.4, -0.2) is 68.6 Å². The number of nitrogens with zero attached hydrogens (tertiary/aromatic N) is 1. The van der Waals surface area contributed by atoms with Gasteiger partial charge in [-0.25, -0.2) is 0 Å². The molecule has 0 saturated heterocycles. The summed E-state index contributed by atoms with van der Waals surface area (Å²) in [7, 11) is 1.66. The maximum atomic E-state index is 10.8. The number of aliphatic hydroxyl groups is 1. The van der Waals surface area contributed by atoms with Gasteiger partial charge in [-0.1, -0.05) is 30.3 Å². The zero-order valence-electron chi connectivity index (χ0n) is 16.8. The molecule has 1 amide bonds. The molecule has 7 nitrogen and oxygen atoms in total.